The molecule has 0 bridgehead atoms. The van der Waals surface area contributed by atoms with Crippen molar-refractivity contribution < 1.29 is 9.59 Å². The third-order valence-corrected chi connectivity index (χ3v) is 4.59. The van der Waals surface area contributed by atoms with E-state index in [1.165, 1.54) is 11.3 Å². The Morgan fingerprint density at radius 1 is 0.968 bits per heavy atom. The summed E-state index contributed by atoms with van der Waals surface area (Å²) in [6, 6.07) is 18.0. The van der Waals surface area contributed by atoms with Gasteiger partial charge in [0.15, 0.2) is 5.65 Å². The van der Waals surface area contributed by atoms with Gasteiger partial charge in [-0.25, -0.2) is 18.9 Å². The number of nitrogens with zero attached hydrogens (tertiary/aromatic N) is 4. The van der Waals surface area contributed by atoms with E-state index in [4.69, 9.17) is 0 Å². The van der Waals surface area contributed by atoms with Crippen LogP contribution in [-0.4, -0.2) is 31.0 Å². The first-order valence-corrected chi connectivity index (χ1v) is 9.61. The van der Waals surface area contributed by atoms with Gasteiger partial charge in [-0.05, 0) is 31.2 Å². The van der Waals surface area contributed by atoms with Crippen molar-refractivity contribution in [1.29, 1.82) is 0 Å². The van der Waals surface area contributed by atoms with Gasteiger partial charge < -0.3 is 10.6 Å². The fraction of sp³-hybridized carbons (Fsp3) is 0.136. The van der Waals surface area contributed by atoms with Crippen molar-refractivity contribution in [2.45, 2.75) is 20.4 Å². The summed E-state index contributed by atoms with van der Waals surface area (Å²) in [5.41, 5.74) is 2.76. The number of aromatic nitrogens is 4. The molecule has 0 unspecified atom stereocenters. The van der Waals surface area contributed by atoms with Gasteiger partial charge in [0.1, 0.15) is 12.4 Å². The molecule has 0 aliphatic heterocycles. The van der Waals surface area contributed by atoms with Crippen molar-refractivity contribution in [3.63, 3.8) is 0 Å². The molecule has 0 spiro atoms. The second kappa shape index (κ2) is 8.23. The lowest BCUT2D eigenvalue weighted by Crippen LogP contribution is -2.28. The molecule has 0 saturated heterocycles. The Balaban J connectivity index is 1.55. The van der Waals surface area contributed by atoms with Crippen molar-refractivity contribution >= 4 is 28.8 Å². The SMILES string of the molecule is CC(=O)Nc1ccc(NC(=O)Cn2nc3cc(-c4ccccc4)nc(C)n3c2=O)cc1. The topological polar surface area (TPSA) is 110 Å². The number of benzene rings is 2. The minimum absolute atomic E-state index is 0.178. The molecular formula is C22H20N6O3. The van der Waals surface area contributed by atoms with Crippen LogP contribution < -0.4 is 16.3 Å². The van der Waals surface area contributed by atoms with Crippen molar-refractivity contribution in [3.05, 3.63) is 77.0 Å². The third kappa shape index (κ3) is 4.35. The van der Waals surface area contributed by atoms with E-state index >= 15 is 0 Å². The van der Waals surface area contributed by atoms with Crippen molar-refractivity contribution in [2.75, 3.05) is 10.6 Å². The molecule has 2 aromatic heterocycles. The maximum atomic E-state index is 12.7. The summed E-state index contributed by atoms with van der Waals surface area (Å²) in [7, 11) is 0. The lowest BCUT2D eigenvalue weighted by molar-refractivity contribution is -0.117. The molecule has 0 aliphatic rings. The fourth-order valence-electron chi connectivity index (χ4n) is 3.24. The van der Waals surface area contributed by atoms with Crippen molar-refractivity contribution in [2.24, 2.45) is 0 Å². The minimum Gasteiger partial charge on any atom is -0.326 e. The first kappa shape index (κ1) is 20.0. The van der Waals surface area contributed by atoms with Crippen LogP contribution >= 0.6 is 0 Å². The number of aryl methyl sites for hydroxylation is 1. The molecule has 0 atom stereocenters. The van der Waals surface area contributed by atoms with Gasteiger partial charge in [0.2, 0.25) is 11.8 Å². The summed E-state index contributed by atoms with van der Waals surface area (Å²) >= 11 is 0. The Hall–Kier alpha value is -4.27. The monoisotopic (exact) mass is 416 g/mol. The molecule has 0 fully saturated rings. The zero-order valence-electron chi connectivity index (χ0n) is 17.0. The quantitative estimate of drug-likeness (QED) is 0.519. The molecule has 4 rings (SSSR count). The number of carbonyl (C=O) groups is 2. The van der Waals surface area contributed by atoms with Gasteiger partial charge >= 0.3 is 5.69 Å². The molecule has 9 heteroatoms. The molecule has 2 amide bonds. The Morgan fingerprint density at radius 3 is 2.26 bits per heavy atom. The van der Waals surface area contributed by atoms with E-state index in [0.29, 0.717) is 28.5 Å². The standard InChI is InChI=1S/C22H20N6O3/c1-14-23-19(16-6-4-3-5-7-16)12-20-26-27(22(31)28(14)20)13-21(30)25-18-10-8-17(9-11-18)24-15(2)29/h3-12H,13H2,1-2H3,(H,24,29)(H,25,30). The van der Waals surface area contributed by atoms with Crippen LogP contribution in [0.1, 0.15) is 12.7 Å². The molecule has 4 aromatic rings. The van der Waals surface area contributed by atoms with Gasteiger partial charge in [-0.15, -0.1) is 5.10 Å². The maximum Gasteiger partial charge on any atom is 0.352 e. The number of amides is 2. The predicted molar refractivity (Wildman–Crippen MR) is 117 cm³/mol. The van der Waals surface area contributed by atoms with Gasteiger partial charge in [0, 0.05) is 29.9 Å². The van der Waals surface area contributed by atoms with Crippen LogP contribution in [0.4, 0.5) is 11.4 Å². The average molecular weight is 416 g/mol. The van der Waals surface area contributed by atoms with Crippen molar-refractivity contribution in [3.8, 4) is 11.3 Å². The summed E-state index contributed by atoms with van der Waals surface area (Å²) < 4.78 is 2.49. The molecule has 0 saturated carbocycles. The molecule has 2 heterocycles. The Labute approximate surface area is 177 Å². The highest BCUT2D eigenvalue weighted by Crippen LogP contribution is 2.18. The number of hydrogen-bond acceptors (Lipinski definition) is 5. The average Bonchev–Trinajstić information content (AvgIpc) is 3.05. The first-order valence-electron chi connectivity index (χ1n) is 9.61. The number of fused-ring (bicyclic) bond motifs is 1. The lowest BCUT2D eigenvalue weighted by atomic mass is 10.1. The normalized spacial score (nSPS) is 10.8. The largest absolute Gasteiger partial charge is 0.352 e. The van der Waals surface area contributed by atoms with E-state index in [0.717, 1.165) is 10.2 Å². The Kier molecular flexibility index (Phi) is 5.31. The number of rotatable bonds is 5. The fourth-order valence-corrected chi connectivity index (χ4v) is 3.24. The highest BCUT2D eigenvalue weighted by molar-refractivity contribution is 5.92. The van der Waals surface area contributed by atoms with E-state index < -0.39 is 11.6 Å². The first-order chi connectivity index (χ1) is 14.9. The van der Waals surface area contributed by atoms with Gasteiger partial charge in [-0.2, -0.15) is 0 Å². The minimum atomic E-state index is -0.434. The molecule has 2 aromatic carbocycles. The smallest absolute Gasteiger partial charge is 0.326 e. The molecule has 9 nitrogen and oxygen atoms in total. The summed E-state index contributed by atoms with van der Waals surface area (Å²) in [4.78, 5) is 40.8. The summed E-state index contributed by atoms with van der Waals surface area (Å²) in [6.45, 7) is 2.90. The van der Waals surface area contributed by atoms with Crippen LogP contribution in [0.2, 0.25) is 0 Å². The third-order valence-electron chi connectivity index (χ3n) is 4.59. The molecule has 156 valence electrons. The van der Waals surface area contributed by atoms with Gasteiger partial charge in [0.25, 0.3) is 0 Å². The van der Waals surface area contributed by atoms with Crippen LogP contribution in [0.5, 0.6) is 0 Å². The van der Waals surface area contributed by atoms with Crippen LogP contribution in [-0.2, 0) is 16.1 Å². The molecular weight excluding hydrogens is 396 g/mol. The summed E-state index contributed by atoms with van der Waals surface area (Å²) in [6.07, 6.45) is 0. The maximum absolute atomic E-state index is 12.7. The highest BCUT2D eigenvalue weighted by atomic mass is 16.2. The Morgan fingerprint density at radius 2 is 1.61 bits per heavy atom. The van der Waals surface area contributed by atoms with Crippen LogP contribution in [0.15, 0.2) is 65.5 Å². The second-order valence-corrected chi connectivity index (χ2v) is 7.00. The summed E-state index contributed by atoms with van der Waals surface area (Å²) in [5, 5.41) is 9.68. The Bertz CT molecular complexity index is 1320. The van der Waals surface area contributed by atoms with Crippen LogP contribution in [0, 0.1) is 6.92 Å². The zero-order valence-corrected chi connectivity index (χ0v) is 17.0. The number of anilines is 2. The van der Waals surface area contributed by atoms with E-state index in [9.17, 15) is 14.4 Å². The number of hydrogen-bond donors (Lipinski definition) is 2. The highest BCUT2D eigenvalue weighted by Gasteiger charge is 2.15. The van der Waals surface area contributed by atoms with Crippen LogP contribution in [0.25, 0.3) is 16.9 Å². The number of nitrogens with one attached hydrogen (secondary N) is 2. The van der Waals surface area contributed by atoms with E-state index in [1.54, 1.807) is 37.3 Å². The van der Waals surface area contributed by atoms with E-state index in [2.05, 4.69) is 20.7 Å². The lowest BCUT2D eigenvalue weighted by Gasteiger charge is -2.06. The van der Waals surface area contributed by atoms with E-state index in [-0.39, 0.29) is 12.5 Å². The van der Waals surface area contributed by atoms with E-state index in [1.807, 2.05) is 30.3 Å². The number of carbonyl (C=O) groups excluding carboxylic acids is 2. The second-order valence-electron chi connectivity index (χ2n) is 7.00. The molecule has 31 heavy (non-hydrogen) atoms. The molecule has 0 radical (unpaired) electrons. The predicted octanol–water partition coefficient (Wildman–Crippen LogP) is 2.46. The zero-order chi connectivity index (χ0) is 22.0. The van der Waals surface area contributed by atoms with Gasteiger partial charge in [-0.3, -0.25) is 9.59 Å². The summed E-state index contributed by atoms with van der Waals surface area (Å²) in [5.74, 6) is -0.0866. The van der Waals surface area contributed by atoms with Gasteiger partial charge in [0.05, 0.1) is 5.69 Å². The van der Waals surface area contributed by atoms with Crippen LogP contribution in [0.3, 0.4) is 0 Å². The molecule has 0 aliphatic carbocycles. The molecule has 2 N–H and O–H groups in total. The van der Waals surface area contributed by atoms with Crippen molar-refractivity contribution in [1.82, 2.24) is 19.2 Å². The van der Waals surface area contributed by atoms with Gasteiger partial charge in [-0.1, -0.05) is 30.3 Å².